The van der Waals surface area contributed by atoms with E-state index in [4.69, 9.17) is 0 Å². The quantitative estimate of drug-likeness (QED) is 0.584. The van der Waals surface area contributed by atoms with Crippen LogP contribution in [0.1, 0.15) is 45.4 Å². The summed E-state index contributed by atoms with van der Waals surface area (Å²) in [4.78, 5) is 0. The lowest BCUT2D eigenvalue weighted by Gasteiger charge is -2.34. The number of rotatable bonds is 0. The Hall–Kier alpha value is -0.0400. The maximum atomic E-state index is 3.70. The van der Waals surface area contributed by atoms with Gasteiger partial charge in [-0.1, -0.05) is 13.3 Å². The van der Waals surface area contributed by atoms with Crippen LogP contribution in [0.5, 0.6) is 0 Å². The van der Waals surface area contributed by atoms with E-state index in [1.165, 1.54) is 45.1 Å². The van der Waals surface area contributed by atoms with Gasteiger partial charge in [0.2, 0.25) is 0 Å². The predicted octanol–water partition coefficient (Wildman–Crippen LogP) is 2.56. The molecule has 1 saturated carbocycles. The minimum Gasteiger partial charge on any atom is -0.314 e. The molecule has 0 spiro atoms. The highest BCUT2D eigenvalue weighted by Crippen LogP contribution is 2.33. The highest BCUT2D eigenvalue weighted by atomic mass is 14.9. The maximum Gasteiger partial charge on any atom is 0.00955 e. The highest BCUT2D eigenvalue weighted by molar-refractivity contribution is 4.85. The van der Waals surface area contributed by atoms with Crippen LogP contribution in [0.25, 0.3) is 0 Å². The topological polar surface area (TPSA) is 12.0 Å². The molecule has 12 heavy (non-hydrogen) atoms. The lowest BCUT2D eigenvalue weighted by atomic mass is 9.77. The molecule has 70 valence electrons. The normalized spacial score (nSPS) is 43.2. The molecule has 1 saturated heterocycles. The van der Waals surface area contributed by atoms with Gasteiger partial charge >= 0.3 is 0 Å². The fraction of sp³-hybridized carbons (Fsp3) is 1.00. The van der Waals surface area contributed by atoms with Crippen LogP contribution in [-0.4, -0.2) is 12.6 Å². The first kappa shape index (κ1) is 8.55. The van der Waals surface area contributed by atoms with Crippen LogP contribution < -0.4 is 5.32 Å². The van der Waals surface area contributed by atoms with Gasteiger partial charge in [-0.2, -0.15) is 0 Å². The Morgan fingerprint density at radius 1 is 1.08 bits per heavy atom. The van der Waals surface area contributed by atoms with E-state index in [1.54, 1.807) is 0 Å². The summed E-state index contributed by atoms with van der Waals surface area (Å²) < 4.78 is 0. The van der Waals surface area contributed by atoms with Gasteiger partial charge in [0.15, 0.2) is 0 Å². The Kier molecular flexibility index (Phi) is 2.69. The van der Waals surface area contributed by atoms with Crippen molar-refractivity contribution in [1.29, 1.82) is 0 Å². The Balaban J connectivity index is 1.94. The van der Waals surface area contributed by atoms with Gasteiger partial charge < -0.3 is 5.32 Å². The molecule has 1 heteroatoms. The smallest absolute Gasteiger partial charge is 0.00955 e. The molecule has 1 aliphatic heterocycles. The van der Waals surface area contributed by atoms with Crippen LogP contribution in [0.4, 0.5) is 0 Å². The third kappa shape index (κ3) is 1.82. The molecular formula is C11H21N. The lowest BCUT2D eigenvalue weighted by molar-refractivity contribution is 0.216. The monoisotopic (exact) mass is 167 g/mol. The molecule has 2 aliphatic rings. The summed E-state index contributed by atoms with van der Waals surface area (Å²) in [6.07, 6.45) is 8.72. The van der Waals surface area contributed by atoms with Gasteiger partial charge in [0.05, 0.1) is 0 Å². The lowest BCUT2D eigenvalue weighted by Crippen LogP contribution is -2.38. The molecule has 3 atom stereocenters. The maximum absolute atomic E-state index is 3.70. The van der Waals surface area contributed by atoms with Gasteiger partial charge in [-0.3, -0.25) is 0 Å². The molecule has 3 unspecified atom stereocenters. The van der Waals surface area contributed by atoms with Gasteiger partial charge in [0.25, 0.3) is 0 Å². The fourth-order valence-corrected chi connectivity index (χ4v) is 2.91. The van der Waals surface area contributed by atoms with E-state index in [-0.39, 0.29) is 0 Å². The average molecular weight is 167 g/mol. The van der Waals surface area contributed by atoms with Crippen molar-refractivity contribution in [3.05, 3.63) is 0 Å². The molecule has 1 aliphatic carbocycles. The zero-order chi connectivity index (χ0) is 8.39. The van der Waals surface area contributed by atoms with Crippen LogP contribution in [0.15, 0.2) is 0 Å². The molecule has 2 rings (SSSR count). The summed E-state index contributed by atoms with van der Waals surface area (Å²) in [5.74, 6) is 2.00. The minimum absolute atomic E-state index is 0.878. The summed E-state index contributed by atoms with van der Waals surface area (Å²) in [7, 11) is 0. The largest absolute Gasteiger partial charge is 0.314 e. The van der Waals surface area contributed by atoms with Crippen molar-refractivity contribution in [2.24, 2.45) is 11.8 Å². The zero-order valence-corrected chi connectivity index (χ0v) is 8.18. The van der Waals surface area contributed by atoms with Crippen molar-refractivity contribution in [2.45, 2.75) is 51.5 Å². The summed E-state index contributed by atoms with van der Waals surface area (Å²) in [6.45, 7) is 3.69. The summed E-state index contributed by atoms with van der Waals surface area (Å²) in [6, 6.07) is 0.878. The number of fused-ring (bicyclic) bond motifs is 1. The molecular weight excluding hydrogens is 146 g/mol. The van der Waals surface area contributed by atoms with Gasteiger partial charge in [0.1, 0.15) is 0 Å². The predicted molar refractivity (Wildman–Crippen MR) is 52.1 cm³/mol. The second kappa shape index (κ2) is 3.78. The van der Waals surface area contributed by atoms with E-state index in [9.17, 15) is 0 Å². The average Bonchev–Trinajstić information content (AvgIpc) is 2.28. The third-order valence-corrected chi connectivity index (χ3v) is 3.65. The van der Waals surface area contributed by atoms with E-state index in [0.717, 1.165) is 17.9 Å². The Morgan fingerprint density at radius 2 is 2.00 bits per heavy atom. The van der Waals surface area contributed by atoms with E-state index in [2.05, 4.69) is 12.2 Å². The Bertz CT molecular complexity index is 144. The second-order valence-electron chi connectivity index (χ2n) is 4.73. The van der Waals surface area contributed by atoms with Crippen molar-refractivity contribution in [2.75, 3.05) is 6.54 Å². The van der Waals surface area contributed by atoms with Crippen molar-refractivity contribution < 1.29 is 0 Å². The van der Waals surface area contributed by atoms with Crippen LogP contribution in [0, 0.1) is 11.8 Å². The van der Waals surface area contributed by atoms with E-state index in [1.807, 2.05) is 0 Å². The first-order valence-corrected chi connectivity index (χ1v) is 5.59. The first-order chi connectivity index (χ1) is 5.86. The van der Waals surface area contributed by atoms with Crippen LogP contribution in [0.2, 0.25) is 0 Å². The van der Waals surface area contributed by atoms with E-state index in [0.29, 0.717) is 0 Å². The molecule has 0 aromatic carbocycles. The molecule has 0 aromatic heterocycles. The molecule has 0 aromatic rings. The second-order valence-corrected chi connectivity index (χ2v) is 4.73. The molecule has 1 heterocycles. The molecule has 1 N–H and O–H groups in total. The number of hydrogen-bond donors (Lipinski definition) is 1. The van der Waals surface area contributed by atoms with Crippen LogP contribution in [0.3, 0.4) is 0 Å². The molecule has 0 bridgehead atoms. The summed E-state index contributed by atoms with van der Waals surface area (Å²) in [5.41, 5.74) is 0. The number of hydrogen-bond acceptors (Lipinski definition) is 1. The van der Waals surface area contributed by atoms with Crippen LogP contribution >= 0.6 is 0 Å². The van der Waals surface area contributed by atoms with Gasteiger partial charge in [-0.25, -0.2) is 0 Å². The minimum atomic E-state index is 0.878. The van der Waals surface area contributed by atoms with Crippen molar-refractivity contribution in [3.8, 4) is 0 Å². The van der Waals surface area contributed by atoms with E-state index < -0.39 is 0 Å². The first-order valence-electron chi connectivity index (χ1n) is 5.59. The van der Waals surface area contributed by atoms with Gasteiger partial charge in [-0.05, 0) is 50.5 Å². The summed E-state index contributed by atoms with van der Waals surface area (Å²) >= 11 is 0. The van der Waals surface area contributed by atoms with E-state index >= 15 is 0 Å². The van der Waals surface area contributed by atoms with Gasteiger partial charge in [-0.15, -0.1) is 0 Å². The number of nitrogens with one attached hydrogen (secondary N) is 1. The molecule has 0 amide bonds. The standard InChI is InChI=1S/C11H21N/c1-9-5-6-11-10(8-9)4-2-3-7-12-11/h9-12H,2-8H2,1H3. The van der Waals surface area contributed by atoms with Crippen LogP contribution in [-0.2, 0) is 0 Å². The highest BCUT2D eigenvalue weighted by Gasteiger charge is 2.28. The van der Waals surface area contributed by atoms with Crippen molar-refractivity contribution in [1.82, 2.24) is 5.32 Å². The van der Waals surface area contributed by atoms with Crippen molar-refractivity contribution >= 4 is 0 Å². The SMILES string of the molecule is CC1CCC2NCCCCC2C1. The summed E-state index contributed by atoms with van der Waals surface area (Å²) in [5, 5.41) is 3.70. The fourth-order valence-electron chi connectivity index (χ4n) is 2.91. The third-order valence-electron chi connectivity index (χ3n) is 3.65. The van der Waals surface area contributed by atoms with Crippen molar-refractivity contribution in [3.63, 3.8) is 0 Å². The Morgan fingerprint density at radius 3 is 2.92 bits per heavy atom. The molecule has 0 radical (unpaired) electrons. The Labute approximate surface area is 75.9 Å². The molecule has 1 nitrogen and oxygen atoms in total. The zero-order valence-electron chi connectivity index (χ0n) is 8.18. The van der Waals surface area contributed by atoms with Gasteiger partial charge in [0, 0.05) is 6.04 Å². The molecule has 2 fully saturated rings.